The predicted octanol–water partition coefficient (Wildman–Crippen LogP) is 4.28. The fourth-order valence-electron chi connectivity index (χ4n) is 2.56. The first-order valence-electron chi connectivity index (χ1n) is 7.01. The molecule has 1 amide bonds. The third kappa shape index (κ3) is 3.85. The Kier molecular flexibility index (Phi) is 5.03. The largest absolute Gasteiger partial charge is 0.348 e. The van der Waals surface area contributed by atoms with Crippen molar-refractivity contribution < 1.29 is 4.79 Å². The number of benzene rings is 2. The first-order chi connectivity index (χ1) is 10.0. The number of rotatable bonds is 4. The molecule has 3 heteroatoms. The zero-order valence-corrected chi connectivity index (χ0v) is 13.4. The Bertz CT molecular complexity index is 624. The van der Waals surface area contributed by atoms with Gasteiger partial charge in [0.2, 0.25) is 0 Å². The smallest absolute Gasteiger partial charge is 0.252 e. The van der Waals surface area contributed by atoms with Gasteiger partial charge in [-0.1, -0.05) is 42.0 Å². The van der Waals surface area contributed by atoms with Gasteiger partial charge in [0, 0.05) is 18.0 Å². The molecule has 2 rings (SSSR count). The van der Waals surface area contributed by atoms with Crippen LogP contribution in [-0.4, -0.2) is 5.91 Å². The van der Waals surface area contributed by atoms with Crippen LogP contribution in [0.15, 0.2) is 36.4 Å². The van der Waals surface area contributed by atoms with E-state index in [-0.39, 0.29) is 5.91 Å². The van der Waals surface area contributed by atoms with Crippen molar-refractivity contribution in [3.8, 4) is 0 Å². The molecule has 1 N–H and O–H groups in total. The van der Waals surface area contributed by atoms with Gasteiger partial charge in [0.1, 0.15) is 0 Å². The van der Waals surface area contributed by atoms with Gasteiger partial charge in [-0.05, 0) is 43.0 Å². The average Bonchev–Trinajstić information content (AvgIpc) is 2.44. The molecule has 0 aliphatic heterocycles. The summed E-state index contributed by atoms with van der Waals surface area (Å²) in [5.74, 6) is 0.486. The van der Waals surface area contributed by atoms with Gasteiger partial charge in [0.25, 0.3) is 5.91 Å². The molecule has 0 fully saturated rings. The lowest BCUT2D eigenvalue weighted by Gasteiger charge is -2.12. The number of halogens is 1. The van der Waals surface area contributed by atoms with Gasteiger partial charge in [-0.15, -0.1) is 11.6 Å². The van der Waals surface area contributed by atoms with Gasteiger partial charge >= 0.3 is 0 Å². The number of alkyl halides is 1. The Hall–Kier alpha value is -1.80. The molecule has 0 bridgehead atoms. The van der Waals surface area contributed by atoms with Crippen LogP contribution in [0.4, 0.5) is 0 Å². The first-order valence-corrected chi connectivity index (χ1v) is 7.54. The predicted molar refractivity (Wildman–Crippen MR) is 87.8 cm³/mol. The van der Waals surface area contributed by atoms with Crippen LogP contribution in [0.2, 0.25) is 0 Å². The second kappa shape index (κ2) is 6.77. The van der Waals surface area contributed by atoms with Crippen LogP contribution in [0.5, 0.6) is 0 Å². The topological polar surface area (TPSA) is 29.1 Å². The molecule has 0 atom stereocenters. The molecule has 2 aromatic carbocycles. The quantitative estimate of drug-likeness (QED) is 0.839. The molecule has 21 heavy (non-hydrogen) atoms. The van der Waals surface area contributed by atoms with Crippen molar-refractivity contribution in [1.82, 2.24) is 5.32 Å². The molecular formula is C18H20ClNO. The summed E-state index contributed by atoms with van der Waals surface area (Å²) in [6, 6.07) is 12.0. The van der Waals surface area contributed by atoms with E-state index >= 15 is 0 Å². The second-order valence-corrected chi connectivity index (χ2v) is 5.67. The lowest BCUT2D eigenvalue weighted by Crippen LogP contribution is -2.24. The molecule has 0 radical (unpaired) electrons. The van der Waals surface area contributed by atoms with Crippen LogP contribution in [-0.2, 0) is 12.4 Å². The normalized spacial score (nSPS) is 10.5. The number of aryl methyl sites for hydroxylation is 3. The molecule has 2 aromatic rings. The summed E-state index contributed by atoms with van der Waals surface area (Å²) < 4.78 is 0. The van der Waals surface area contributed by atoms with E-state index < -0.39 is 0 Å². The van der Waals surface area contributed by atoms with Crippen LogP contribution in [0.3, 0.4) is 0 Å². The molecule has 0 heterocycles. The third-order valence-electron chi connectivity index (χ3n) is 3.53. The Morgan fingerprint density at radius 1 is 1.00 bits per heavy atom. The van der Waals surface area contributed by atoms with Crippen LogP contribution < -0.4 is 5.32 Å². The highest BCUT2D eigenvalue weighted by atomic mass is 35.5. The number of carbonyl (C=O) groups excluding carboxylic acids is 1. The highest BCUT2D eigenvalue weighted by molar-refractivity contribution is 6.17. The van der Waals surface area contributed by atoms with Crippen LogP contribution in [0.1, 0.15) is 38.2 Å². The van der Waals surface area contributed by atoms with Crippen LogP contribution in [0, 0.1) is 20.8 Å². The number of carbonyl (C=O) groups is 1. The van der Waals surface area contributed by atoms with Gasteiger partial charge in [-0.2, -0.15) is 0 Å². The lowest BCUT2D eigenvalue weighted by atomic mass is 9.99. The summed E-state index contributed by atoms with van der Waals surface area (Å²) >= 11 is 5.76. The van der Waals surface area contributed by atoms with Crippen LogP contribution >= 0.6 is 11.6 Å². The van der Waals surface area contributed by atoms with Crippen molar-refractivity contribution in [2.75, 3.05) is 0 Å². The lowest BCUT2D eigenvalue weighted by molar-refractivity contribution is 0.0949. The van der Waals surface area contributed by atoms with Gasteiger partial charge in [-0.3, -0.25) is 4.79 Å². The van der Waals surface area contributed by atoms with E-state index in [1.165, 1.54) is 5.56 Å². The van der Waals surface area contributed by atoms with Gasteiger partial charge in [-0.25, -0.2) is 0 Å². The average molecular weight is 302 g/mol. The molecule has 0 aliphatic carbocycles. The summed E-state index contributed by atoms with van der Waals surface area (Å²) in [6.45, 7) is 6.52. The van der Waals surface area contributed by atoms with Gasteiger partial charge in [0.15, 0.2) is 0 Å². The van der Waals surface area contributed by atoms with Crippen molar-refractivity contribution >= 4 is 17.5 Å². The summed E-state index contributed by atoms with van der Waals surface area (Å²) in [7, 11) is 0. The highest BCUT2D eigenvalue weighted by Gasteiger charge is 2.12. The van der Waals surface area contributed by atoms with E-state index in [0.717, 1.165) is 27.8 Å². The molecule has 0 saturated carbocycles. The summed E-state index contributed by atoms with van der Waals surface area (Å²) in [5.41, 5.74) is 6.14. The Morgan fingerprint density at radius 3 is 2.05 bits per heavy atom. The van der Waals surface area contributed by atoms with E-state index in [9.17, 15) is 4.79 Å². The van der Waals surface area contributed by atoms with Crippen molar-refractivity contribution in [1.29, 1.82) is 0 Å². The fraction of sp³-hybridized carbons (Fsp3) is 0.278. The minimum absolute atomic E-state index is 0.0218. The molecule has 0 saturated heterocycles. The summed E-state index contributed by atoms with van der Waals surface area (Å²) in [4.78, 5) is 12.4. The summed E-state index contributed by atoms with van der Waals surface area (Å²) in [6.07, 6.45) is 0. The van der Waals surface area contributed by atoms with E-state index in [1.54, 1.807) is 0 Å². The number of nitrogens with one attached hydrogen (secondary N) is 1. The molecular weight excluding hydrogens is 282 g/mol. The zero-order chi connectivity index (χ0) is 15.4. The maximum absolute atomic E-state index is 12.4. The molecule has 110 valence electrons. The second-order valence-electron chi connectivity index (χ2n) is 5.41. The minimum atomic E-state index is -0.0218. The molecule has 2 nitrogen and oxygen atoms in total. The minimum Gasteiger partial charge on any atom is -0.348 e. The van der Waals surface area contributed by atoms with Crippen LogP contribution in [0.25, 0.3) is 0 Å². The van der Waals surface area contributed by atoms with E-state index in [0.29, 0.717) is 12.4 Å². The SMILES string of the molecule is Cc1cc(C)c(C(=O)NCc2ccc(CCl)cc2)c(C)c1. The molecule has 0 aromatic heterocycles. The van der Waals surface area contributed by atoms with Gasteiger partial charge in [0.05, 0.1) is 0 Å². The summed E-state index contributed by atoms with van der Waals surface area (Å²) in [5, 5.41) is 2.98. The van der Waals surface area contributed by atoms with Crippen molar-refractivity contribution in [3.05, 3.63) is 69.8 Å². The van der Waals surface area contributed by atoms with Gasteiger partial charge < -0.3 is 5.32 Å². The Balaban J connectivity index is 2.08. The molecule has 0 spiro atoms. The first kappa shape index (κ1) is 15.6. The van der Waals surface area contributed by atoms with Crippen molar-refractivity contribution in [2.45, 2.75) is 33.2 Å². The van der Waals surface area contributed by atoms with Crippen molar-refractivity contribution in [3.63, 3.8) is 0 Å². The fourth-order valence-corrected chi connectivity index (χ4v) is 2.73. The number of hydrogen-bond donors (Lipinski definition) is 1. The number of amides is 1. The van der Waals surface area contributed by atoms with E-state index in [4.69, 9.17) is 11.6 Å². The third-order valence-corrected chi connectivity index (χ3v) is 3.84. The maximum Gasteiger partial charge on any atom is 0.252 e. The van der Waals surface area contributed by atoms with E-state index in [2.05, 4.69) is 5.32 Å². The number of hydrogen-bond acceptors (Lipinski definition) is 1. The van der Waals surface area contributed by atoms with Crippen molar-refractivity contribution in [2.24, 2.45) is 0 Å². The highest BCUT2D eigenvalue weighted by Crippen LogP contribution is 2.16. The monoisotopic (exact) mass is 301 g/mol. The molecule has 0 unspecified atom stereocenters. The maximum atomic E-state index is 12.4. The molecule has 0 aliphatic rings. The Morgan fingerprint density at radius 2 is 1.52 bits per heavy atom. The standard InChI is InChI=1S/C18H20ClNO/c1-12-8-13(2)17(14(3)9-12)18(21)20-11-16-6-4-15(10-19)5-7-16/h4-9H,10-11H2,1-3H3,(H,20,21). The Labute approximate surface area is 131 Å². The van der Waals surface area contributed by atoms with E-state index in [1.807, 2.05) is 57.2 Å². The zero-order valence-electron chi connectivity index (χ0n) is 12.7.